The van der Waals surface area contributed by atoms with Crippen LogP contribution in [0.15, 0.2) is 54.6 Å². The molecule has 0 radical (unpaired) electrons. The Morgan fingerprint density at radius 1 is 0.947 bits per heavy atom. The van der Waals surface area contributed by atoms with Gasteiger partial charge in [-0.25, -0.2) is 0 Å². The molecule has 3 nitrogen and oxygen atoms in total. The van der Waals surface area contributed by atoms with Gasteiger partial charge in [-0.15, -0.1) is 0 Å². The SMILES string of the molecule is c1ccc(Oc2ccc([C@@H]3COCCN3)cc2)cc1. The fourth-order valence-corrected chi connectivity index (χ4v) is 2.17. The Morgan fingerprint density at radius 3 is 2.37 bits per heavy atom. The van der Waals surface area contributed by atoms with Crippen molar-refractivity contribution in [3.05, 3.63) is 60.2 Å². The topological polar surface area (TPSA) is 30.5 Å². The molecular weight excluding hydrogens is 238 g/mol. The third-order valence-electron chi connectivity index (χ3n) is 3.18. The monoisotopic (exact) mass is 255 g/mol. The van der Waals surface area contributed by atoms with E-state index in [1.807, 2.05) is 42.5 Å². The van der Waals surface area contributed by atoms with E-state index in [9.17, 15) is 0 Å². The molecule has 3 heteroatoms. The average molecular weight is 255 g/mol. The van der Waals surface area contributed by atoms with Crippen LogP contribution in [0.25, 0.3) is 0 Å². The van der Waals surface area contributed by atoms with E-state index in [0.717, 1.165) is 31.3 Å². The number of hydrogen-bond acceptors (Lipinski definition) is 3. The van der Waals surface area contributed by atoms with Crippen LogP contribution in [-0.4, -0.2) is 19.8 Å². The lowest BCUT2D eigenvalue weighted by molar-refractivity contribution is 0.0769. The molecule has 1 fully saturated rings. The average Bonchev–Trinajstić information content (AvgIpc) is 2.50. The minimum atomic E-state index is 0.291. The summed E-state index contributed by atoms with van der Waals surface area (Å²) in [7, 11) is 0. The largest absolute Gasteiger partial charge is 0.457 e. The van der Waals surface area contributed by atoms with Crippen molar-refractivity contribution in [2.45, 2.75) is 6.04 Å². The second-order valence-electron chi connectivity index (χ2n) is 4.57. The lowest BCUT2D eigenvalue weighted by Crippen LogP contribution is -2.34. The maximum atomic E-state index is 5.77. The summed E-state index contributed by atoms with van der Waals surface area (Å²) in [4.78, 5) is 0. The molecule has 0 aliphatic carbocycles. The van der Waals surface area contributed by atoms with Gasteiger partial charge >= 0.3 is 0 Å². The second kappa shape index (κ2) is 5.87. The van der Waals surface area contributed by atoms with Crippen LogP contribution in [0.3, 0.4) is 0 Å². The summed E-state index contributed by atoms with van der Waals surface area (Å²) in [5.74, 6) is 1.71. The first-order valence-electron chi connectivity index (χ1n) is 6.56. The molecule has 1 N–H and O–H groups in total. The Bertz CT molecular complexity index is 504. The summed E-state index contributed by atoms with van der Waals surface area (Å²) < 4.78 is 11.2. The predicted molar refractivity (Wildman–Crippen MR) is 74.5 cm³/mol. The van der Waals surface area contributed by atoms with Crippen LogP contribution in [0.5, 0.6) is 11.5 Å². The van der Waals surface area contributed by atoms with Gasteiger partial charge in [-0.3, -0.25) is 0 Å². The third kappa shape index (κ3) is 3.13. The van der Waals surface area contributed by atoms with E-state index in [-0.39, 0.29) is 0 Å². The van der Waals surface area contributed by atoms with Crippen molar-refractivity contribution >= 4 is 0 Å². The molecule has 19 heavy (non-hydrogen) atoms. The van der Waals surface area contributed by atoms with E-state index in [0.29, 0.717) is 6.04 Å². The zero-order chi connectivity index (χ0) is 12.9. The van der Waals surface area contributed by atoms with Gasteiger partial charge in [0.25, 0.3) is 0 Å². The molecule has 98 valence electrons. The Kier molecular flexibility index (Phi) is 3.77. The van der Waals surface area contributed by atoms with Gasteiger partial charge in [0.2, 0.25) is 0 Å². The lowest BCUT2D eigenvalue weighted by atomic mass is 10.1. The molecule has 2 aromatic rings. The fraction of sp³-hybridized carbons (Fsp3) is 0.250. The Morgan fingerprint density at radius 2 is 1.68 bits per heavy atom. The molecule has 0 spiro atoms. The lowest BCUT2D eigenvalue weighted by Gasteiger charge is -2.24. The number of para-hydroxylation sites is 1. The molecule has 0 aromatic heterocycles. The van der Waals surface area contributed by atoms with E-state index < -0.39 is 0 Å². The Balaban J connectivity index is 1.68. The minimum absolute atomic E-state index is 0.291. The molecule has 0 amide bonds. The van der Waals surface area contributed by atoms with Gasteiger partial charge in [-0.1, -0.05) is 30.3 Å². The van der Waals surface area contributed by atoms with E-state index >= 15 is 0 Å². The summed E-state index contributed by atoms with van der Waals surface area (Å²) >= 11 is 0. The van der Waals surface area contributed by atoms with Crippen LogP contribution >= 0.6 is 0 Å². The standard InChI is InChI=1S/C16H17NO2/c1-2-4-14(5-3-1)19-15-8-6-13(7-9-15)16-12-18-11-10-17-16/h1-9,16-17H,10-12H2/t16-/m0/s1. The summed E-state index contributed by atoms with van der Waals surface area (Å²) in [6.07, 6.45) is 0. The number of hydrogen-bond donors (Lipinski definition) is 1. The number of benzene rings is 2. The van der Waals surface area contributed by atoms with Crippen LogP contribution in [0, 0.1) is 0 Å². The first-order chi connectivity index (χ1) is 9.42. The molecule has 1 saturated heterocycles. The quantitative estimate of drug-likeness (QED) is 0.914. The van der Waals surface area contributed by atoms with Crippen LogP contribution in [0.4, 0.5) is 0 Å². The van der Waals surface area contributed by atoms with Gasteiger partial charge in [0.05, 0.1) is 19.3 Å². The summed E-state index contributed by atoms with van der Waals surface area (Å²) in [5.41, 5.74) is 1.24. The maximum absolute atomic E-state index is 5.77. The molecule has 1 aliphatic rings. The number of rotatable bonds is 3. The molecule has 3 rings (SSSR count). The van der Waals surface area contributed by atoms with Gasteiger partial charge in [0.1, 0.15) is 11.5 Å². The first-order valence-corrected chi connectivity index (χ1v) is 6.56. The Hall–Kier alpha value is -1.84. The third-order valence-corrected chi connectivity index (χ3v) is 3.18. The van der Waals surface area contributed by atoms with E-state index in [4.69, 9.17) is 9.47 Å². The molecule has 1 aliphatic heterocycles. The van der Waals surface area contributed by atoms with Gasteiger partial charge in [-0.2, -0.15) is 0 Å². The van der Waals surface area contributed by atoms with Crippen molar-refractivity contribution < 1.29 is 9.47 Å². The van der Waals surface area contributed by atoms with E-state index in [2.05, 4.69) is 17.4 Å². The second-order valence-corrected chi connectivity index (χ2v) is 4.57. The highest BCUT2D eigenvalue weighted by Gasteiger charge is 2.14. The molecule has 0 unspecified atom stereocenters. The molecule has 1 heterocycles. The first kappa shape index (κ1) is 12.2. The molecule has 2 aromatic carbocycles. The van der Waals surface area contributed by atoms with Crippen molar-refractivity contribution in [3.8, 4) is 11.5 Å². The summed E-state index contributed by atoms with van der Waals surface area (Å²) in [6.45, 7) is 2.44. The van der Waals surface area contributed by atoms with Crippen molar-refractivity contribution in [2.24, 2.45) is 0 Å². The van der Waals surface area contributed by atoms with Gasteiger partial charge in [0, 0.05) is 6.54 Å². The van der Waals surface area contributed by atoms with Crippen molar-refractivity contribution in [1.82, 2.24) is 5.32 Å². The summed E-state index contributed by atoms with van der Waals surface area (Å²) in [5, 5.41) is 3.44. The summed E-state index contributed by atoms with van der Waals surface area (Å²) in [6, 6.07) is 18.3. The minimum Gasteiger partial charge on any atom is -0.457 e. The van der Waals surface area contributed by atoms with E-state index in [1.165, 1.54) is 5.56 Å². The van der Waals surface area contributed by atoms with Crippen molar-refractivity contribution in [1.29, 1.82) is 0 Å². The predicted octanol–water partition coefficient (Wildman–Crippen LogP) is 3.14. The number of nitrogens with one attached hydrogen (secondary N) is 1. The van der Waals surface area contributed by atoms with Crippen molar-refractivity contribution in [3.63, 3.8) is 0 Å². The highest BCUT2D eigenvalue weighted by Crippen LogP contribution is 2.23. The zero-order valence-electron chi connectivity index (χ0n) is 10.7. The van der Waals surface area contributed by atoms with Gasteiger partial charge in [0.15, 0.2) is 0 Å². The Labute approximate surface area is 113 Å². The van der Waals surface area contributed by atoms with Crippen LogP contribution in [0.2, 0.25) is 0 Å². The zero-order valence-corrected chi connectivity index (χ0v) is 10.7. The fourth-order valence-electron chi connectivity index (χ4n) is 2.17. The molecule has 0 saturated carbocycles. The maximum Gasteiger partial charge on any atom is 0.127 e. The molecular formula is C16H17NO2. The highest BCUT2D eigenvalue weighted by atomic mass is 16.5. The van der Waals surface area contributed by atoms with Crippen LogP contribution in [-0.2, 0) is 4.74 Å². The van der Waals surface area contributed by atoms with Gasteiger partial charge in [-0.05, 0) is 29.8 Å². The molecule has 0 bridgehead atoms. The smallest absolute Gasteiger partial charge is 0.127 e. The number of morpholine rings is 1. The van der Waals surface area contributed by atoms with Crippen molar-refractivity contribution in [2.75, 3.05) is 19.8 Å². The molecule has 1 atom stereocenters. The van der Waals surface area contributed by atoms with E-state index in [1.54, 1.807) is 0 Å². The van der Waals surface area contributed by atoms with Gasteiger partial charge < -0.3 is 14.8 Å². The van der Waals surface area contributed by atoms with Crippen LogP contribution in [0.1, 0.15) is 11.6 Å². The normalized spacial score (nSPS) is 19.1. The highest BCUT2D eigenvalue weighted by molar-refractivity contribution is 5.34. The number of ether oxygens (including phenoxy) is 2. The van der Waals surface area contributed by atoms with Crippen LogP contribution < -0.4 is 10.1 Å².